The molecule has 2 heterocycles. The third-order valence-corrected chi connectivity index (χ3v) is 9.43. The molecule has 5 aromatic carbocycles. The van der Waals surface area contributed by atoms with Crippen molar-refractivity contribution in [3.63, 3.8) is 0 Å². The van der Waals surface area contributed by atoms with Gasteiger partial charge >= 0.3 is 0 Å². The average Bonchev–Trinajstić information content (AvgIpc) is 3.11. The van der Waals surface area contributed by atoms with Gasteiger partial charge in [-0.15, -0.1) is 0 Å². The zero-order valence-electron chi connectivity index (χ0n) is 27.3. The summed E-state index contributed by atoms with van der Waals surface area (Å²) in [6, 6.07) is 35.4. The van der Waals surface area contributed by atoms with E-state index in [1.54, 1.807) is 18.7 Å². The molecular weight excluding hydrogens is 620 g/mol. The van der Waals surface area contributed by atoms with Crippen LogP contribution in [-0.4, -0.2) is 17.9 Å². The minimum atomic E-state index is -1.23. The monoisotopic (exact) mass is 651 g/mol. The van der Waals surface area contributed by atoms with Gasteiger partial charge in [-0.1, -0.05) is 72.8 Å². The number of nitrogens with zero attached hydrogens (tertiary/aromatic N) is 3. The molecule has 0 spiro atoms. The minimum Gasteiger partial charge on any atom is -0.479 e. The Hall–Kier alpha value is -6.12. The van der Waals surface area contributed by atoms with Gasteiger partial charge < -0.3 is 19.1 Å². The normalized spacial score (nSPS) is 15.3. The highest BCUT2D eigenvalue weighted by molar-refractivity contribution is 5.97. The van der Waals surface area contributed by atoms with Crippen molar-refractivity contribution in [1.82, 2.24) is 0 Å². The molecule has 0 radical (unpaired) electrons. The third kappa shape index (κ3) is 5.05. The van der Waals surface area contributed by atoms with E-state index in [1.165, 1.54) is 0 Å². The largest absolute Gasteiger partial charge is 0.479 e. The number of anilines is 3. The zero-order chi connectivity index (χ0) is 34.5. The quantitative estimate of drug-likeness (QED) is 0.185. The number of nitriles is 2. The van der Waals surface area contributed by atoms with Crippen LogP contribution in [0.4, 0.5) is 25.8 Å². The first-order valence-corrected chi connectivity index (χ1v) is 15.8. The first-order valence-electron chi connectivity index (χ1n) is 15.8. The molecule has 0 saturated carbocycles. The van der Waals surface area contributed by atoms with E-state index in [0.29, 0.717) is 22.9 Å². The Morgan fingerprint density at radius 1 is 0.694 bits per heavy atom. The SMILES string of the molecule is CC1(C)Oc2c(C#N)c(N3c4ccc(-c5ccccc5)cc4Oc4cc(-c5ccccc5)ccc43)c(C#N)c(C(=CF)CF)c2OC1(C)C. The fourth-order valence-electron chi connectivity index (χ4n) is 6.21. The average molecular weight is 652 g/mol. The van der Waals surface area contributed by atoms with Crippen LogP contribution in [0.3, 0.4) is 0 Å². The maximum atomic E-state index is 14.6. The molecule has 6 nitrogen and oxygen atoms in total. The van der Waals surface area contributed by atoms with Gasteiger partial charge in [0.15, 0.2) is 23.0 Å². The van der Waals surface area contributed by atoms with Gasteiger partial charge in [0, 0.05) is 11.1 Å². The van der Waals surface area contributed by atoms with Crippen molar-refractivity contribution >= 4 is 22.6 Å². The first-order chi connectivity index (χ1) is 23.6. The number of benzene rings is 5. The number of fused-ring (bicyclic) bond motifs is 3. The zero-order valence-corrected chi connectivity index (χ0v) is 27.3. The molecule has 0 bridgehead atoms. The maximum Gasteiger partial charge on any atom is 0.182 e. The number of hydrogen-bond donors (Lipinski definition) is 0. The lowest BCUT2D eigenvalue weighted by Gasteiger charge is -2.47. The maximum absolute atomic E-state index is 14.6. The Morgan fingerprint density at radius 2 is 1.18 bits per heavy atom. The fraction of sp³-hybridized carbons (Fsp3) is 0.171. The topological polar surface area (TPSA) is 78.5 Å². The van der Waals surface area contributed by atoms with E-state index in [0.717, 1.165) is 22.3 Å². The van der Waals surface area contributed by atoms with Gasteiger partial charge in [-0.3, -0.25) is 0 Å². The standard InChI is InChI=1S/C41H31F2N3O3/c1-40(2)41(3,4)49-39-36(29(21-42)22-43)30(23-44)37(31(24-45)38(39)48-40)46-32-17-15-27(25-11-7-5-8-12-25)19-34(32)47-35-20-28(16-18-33(35)46)26-13-9-6-10-14-26/h5-21H,22H2,1-4H3. The fourth-order valence-corrected chi connectivity index (χ4v) is 6.21. The van der Waals surface area contributed by atoms with Gasteiger partial charge in [-0.05, 0) is 74.2 Å². The summed E-state index contributed by atoms with van der Waals surface area (Å²) < 4.78 is 48.6. The molecule has 0 N–H and O–H groups in total. The number of hydrogen-bond acceptors (Lipinski definition) is 6. The van der Waals surface area contributed by atoms with Gasteiger partial charge in [-0.2, -0.15) is 10.5 Å². The van der Waals surface area contributed by atoms with E-state index >= 15 is 0 Å². The highest BCUT2D eigenvalue weighted by Gasteiger charge is 2.49. The van der Waals surface area contributed by atoms with Crippen molar-refractivity contribution in [3.05, 3.63) is 120 Å². The molecule has 242 valence electrons. The highest BCUT2D eigenvalue weighted by atomic mass is 19.1. The highest BCUT2D eigenvalue weighted by Crippen LogP contribution is 2.59. The molecule has 0 aromatic heterocycles. The van der Waals surface area contributed by atoms with Crippen molar-refractivity contribution < 1.29 is 23.0 Å². The lowest BCUT2D eigenvalue weighted by Crippen LogP contribution is -2.56. The van der Waals surface area contributed by atoms with Crippen LogP contribution in [0.2, 0.25) is 0 Å². The molecule has 5 aromatic rings. The van der Waals surface area contributed by atoms with Crippen LogP contribution < -0.4 is 19.1 Å². The smallest absolute Gasteiger partial charge is 0.182 e. The van der Waals surface area contributed by atoms with Gasteiger partial charge in [0.05, 0.1) is 29.0 Å². The van der Waals surface area contributed by atoms with E-state index in [1.807, 2.05) is 111 Å². The Morgan fingerprint density at radius 3 is 1.63 bits per heavy atom. The molecule has 0 amide bonds. The van der Waals surface area contributed by atoms with E-state index in [4.69, 9.17) is 14.2 Å². The van der Waals surface area contributed by atoms with Crippen LogP contribution in [0.15, 0.2) is 103 Å². The summed E-state index contributed by atoms with van der Waals surface area (Å²) in [5.74, 6) is 0.850. The van der Waals surface area contributed by atoms with Crippen LogP contribution in [0, 0.1) is 22.7 Å². The minimum absolute atomic E-state index is 0.0000262. The summed E-state index contributed by atoms with van der Waals surface area (Å²) in [7, 11) is 0. The van der Waals surface area contributed by atoms with Gasteiger partial charge in [0.25, 0.3) is 0 Å². The Labute approximate surface area is 283 Å². The van der Waals surface area contributed by atoms with Crippen LogP contribution in [-0.2, 0) is 0 Å². The second-order valence-corrected chi connectivity index (χ2v) is 12.9. The summed E-state index contributed by atoms with van der Waals surface area (Å²) in [4.78, 5) is 1.74. The summed E-state index contributed by atoms with van der Waals surface area (Å²) in [5.41, 5.74) is 2.17. The van der Waals surface area contributed by atoms with Crippen molar-refractivity contribution in [3.8, 4) is 57.4 Å². The molecule has 0 unspecified atom stereocenters. The molecule has 0 aliphatic carbocycles. The number of rotatable bonds is 5. The van der Waals surface area contributed by atoms with Crippen LogP contribution in [0.5, 0.6) is 23.0 Å². The predicted molar refractivity (Wildman–Crippen MR) is 186 cm³/mol. The van der Waals surface area contributed by atoms with Gasteiger partial charge in [0.1, 0.15) is 35.6 Å². The number of alkyl halides is 1. The Kier molecular flexibility index (Phi) is 7.61. The second-order valence-electron chi connectivity index (χ2n) is 12.9. The second kappa shape index (κ2) is 11.8. The number of allylic oxidation sites excluding steroid dienone is 1. The number of ether oxygens (including phenoxy) is 3. The van der Waals surface area contributed by atoms with Crippen LogP contribution >= 0.6 is 0 Å². The lowest BCUT2D eigenvalue weighted by atomic mass is 9.85. The summed E-state index contributed by atoms with van der Waals surface area (Å²) in [6.07, 6.45) is 0.127. The van der Waals surface area contributed by atoms with Crippen molar-refractivity contribution in [2.24, 2.45) is 0 Å². The summed E-state index contributed by atoms with van der Waals surface area (Å²) >= 11 is 0. The Balaban J connectivity index is 1.57. The van der Waals surface area contributed by atoms with Crippen molar-refractivity contribution in [2.45, 2.75) is 38.9 Å². The third-order valence-electron chi connectivity index (χ3n) is 9.43. The molecule has 2 aliphatic rings. The molecule has 2 aliphatic heterocycles. The van der Waals surface area contributed by atoms with Crippen LogP contribution in [0.25, 0.3) is 27.8 Å². The van der Waals surface area contributed by atoms with Crippen molar-refractivity contribution in [2.75, 3.05) is 11.6 Å². The molecule has 0 fully saturated rings. The number of halogens is 2. The molecule has 0 atom stereocenters. The summed E-state index contributed by atoms with van der Waals surface area (Å²) in [5, 5.41) is 21.7. The molecule has 7 rings (SSSR count). The van der Waals surface area contributed by atoms with Crippen molar-refractivity contribution in [1.29, 1.82) is 10.5 Å². The predicted octanol–water partition coefficient (Wildman–Crippen LogP) is 10.9. The molecular formula is C41H31F2N3O3. The van der Waals surface area contributed by atoms with E-state index < -0.39 is 23.4 Å². The van der Waals surface area contributed by atoms with Gasteiger partial charge in [-0.25, -0.2) is 8.78 Å². The Bertz CT molecular complexity index is 2140. The molecule has 8 heteroatoms. The van der Waals surface area contributed by atoms with E-state index in [2.05, 4.69) is 12.1 Å². The van der Waals surface area contributed by atoms with Crippen LogP contribution in [0.1, 0.15) is 44.4 Å². The molecule has 49 heavy (non-hydrogen) atoms. The molecule has 0 saturated heterocycles. The van der Waals surface area contributed by atoms with E-state index in [9.17, 15) is 19.3 Å². The lowest BCUT2D eigenvalue weighted by molar-refractivity contribution is -0.0994. The van der Waals surface area contributed by atoms with E-state index in [-0.39, 0.29) is 40.2 Å². The van der Waals surface area contributed by atoms with Gasteiger partial charge in [0.2, 0.25) is 0 Å². The first kappa shape index (κ1) is 31.5. The summed E-state index contributed by atoms with van der Waals surface area (Å²) in [6.45, 7) is 5.95.